The van der Waals surface area contributed by atoms with Crippen LogP contribution in [0.3, 0.4) is 0 Å². The maximum absolute atomic E-state index is 13.1. The van der Waals surface area contributed by atoms with Crippen LogP contribution in [0.25, 0.3) is 5.69 Å². The van der Waals surface area contributed by atoms with E-state index in [9.17, 15) is 27.2 Å². The van der Waals surface area contributed by atoms with Gasteiger partial charge in [0, 0.05) is 30.6 Å². The van der Waals surface area contributed by atoms with Gasteiger partial charge in [0.05, 0.1) is 16.9 Å². The van der Waals surface area contributed by atoms with E-state index in [-0.39, 0.29) is 29.2 Å². The van der Waals surface area contributed by atoms with Crippen molar-refractivity contribution in [1.29, 1.82) is 0 Å². The molecule has 1 aromatic heterocycles. The highest BCUT2D eigenvalue weighted by molar-refractivity contribution is 5.95. The average Bonchev–Trinajstić information content (AvgIpc) is 3.18. The summed E-state index contributed by atoms with van der Waals surface area (Å²) in [6, 6.07) is 11.6. The molecule has 0 atom stereocenters. The molecule has 2 heterocycles. The van der Waals surface area contributed by atoms with Crippen LogP contribution in [0, 0.1) is 18.7 Å². The number of piperidine rings is 1. The molecular weight excluding hydrogens is 452 g/mol. The highest BCUT2D eigenvalue weighted by Gasteiger charge is 2.31. The Hall–Kier alpha value is -3.69. The summed E-state index contributed by atoms with van der Waals surface area (Å²) in [5.41, 5.74) is 0.281. The number of hydrogen-bond acceptors (Lipinski definition) is 3. The molecule has 3 aromatic rings. The number of anilines is 1. The molecule has 0 spiro atoms. The minimum atomic E-state index is -4.50. The van der Waals surface area contributed by atoms with Crippen molar-refractivity contribution in [3.8, 4) is 5.69 Å². The van der Waals surface area contributed by atoms with E-state index >= 15 is 0 Å². The molecule has 1 N–H and O–H groups in total. The number of rotatable bonds is 4. The van der Waals surface area contributed by atoms with Crippen LogP contribution < -0.4 is 5.32 Å². The Bertz CT molecular complexity index is 1200. The van der Waals surface area contributed by atoms with Gasteiger partial charge in [-0.3, -0.25) is 9.59 Å². The lowest BCUT2D eigenvalue weighted by molar-refractivity contribution is -0.137. The Labute approximate surface area is 193 Å². The van der Waals surface area contributed by atoms with E-state index in [0.717, 1.165) is 12.1 Å². The fourth-order valence-electron chi connectivity index (χ4n) is 3.95. The van der Waals surface area contributed by atoms with Crippen molar-refractivity contribution in [3.63, 3.8) is 0 Å². The van der Waals surface area contributed by atoms with Gasteiger partial charge in [-0.25, -0.2) is 9.07 Å². The lowest BCUT2D eigenvalue weighted by Crippen LogP contribution is -2.41. The third-order valence-electron chi connectivity index (χ3n) is 5.74. The third-order valence-corrected chi connectivity index (χ3v) is 5.74. The number of likely N-dealkylation sites (tertiary alicyclic amines) is 1. The van der Waals surface area contributed by atoms with Crippen LogP contribution in [0.4, 0.5) is 23.4 Å². The van der Waals surface area contributed by atoms with Crippen LogP contribution in [0.2, 0.25) is 0 Å². The fourth-order valence-corrected chi connectivity index (χ4v) is 3.95. The van der Waals surface area contributed by atoms with Gasteiger partial charge < -0.3 is 10.2 Å². The standard InChI is InChI=1S/C24H22F4N4O2/c1-15-13-21(32(30-15)20-4-2-3-18(14-20)24(26,27)28)29-22(33)16-9-11-31(12-10-16)23(34)17-5-7-19(25)8-6-17/h2-8,13-14,16H,9-12H2,1H3,(H,29,33). The van der Waals surface area contributed by atoms with Gasteiger partial charge in [-0.1, -0.05) is 6.07 Å². The minimum Gasteiger partial charge on any atom is -0.339 e. The molecule has 1 saturated heterocycles. The van der Waals surface area contributed by atoms with Crippen LogP contribution in [0.5, 0.6) is 0 Å². The topological polar surface area (TPSA) is 67.2 Å². The summed E-state index contributed by atoms with van der Waals surface area (Å²) in [5, 5.41) is 7.01. The van der Waals surface area contributed by atoms with Crippen LogP contribution in [0.15, 0.2) is 54.6 Å². The Morgan fingerprint density at radius 3 is 2.35 bits per heavy atom. The predicted octanol–water partition coefficient (Wildman–Crippen LogP) is 4.83. The quantitative estimate of drug-likeness (QED) is 0.551. The zero-order valence-corrected chi connectivity index (χ0v) is 18.3. The van der Waals surface area contributed by atoms with E-state index < -0.39 is 17.6 Å². The monoisotopic (exact) mass is 474 g/mol. The van der Waals surface area contributed by atoms with Gasteiger partial charge in [0.1, 0.15) is 11.6 Å². The van der Waals surface area contributed by atoms with Crippen LogP contribution in [-0.2, 0) is 11.0 Å². The van der Waals surface area contributed by atoms with Gasteiger partial charge in [-0.15, -0.1) is 0 Å². The summed E-state index contributed by atoms with van der Waals surface area (Å²) in [4.78, 5) is 27.1. The molecule has 10 heteroatoms. The van der Waals surface area contributed by atoms with E-state index in [0.29, 0.717) is 37.2 Å². The number of hydrogen-bond donors (Lipinski definition) is 1. The maximum Gasteiger partial charge on any atom is 0.416 e. The first-order valence-electron chi connectivity index (χ1n) is 10.7. The molecule has 34 heavy (non-hydrogen) atoms. The molecule has 2 amide bonds. The van der Waals surface area contributed by atoms with E-state index in [1.807, 2.05) is 0 Å². The smallest absolute Gasteiger partial charge is 0.339 e. The number of nitrogens with one attached hydrogen (secondary N) is 1. The van der Waals surface area contributed by atoms with Crippen molar-refractivity contribution >= 4 is 17.6 Å². The molecule has 0 radical (unpaired) electrons. The van der Waals surface area contributed by atoms with Gasteiger partial charge in [-0.05, 0) is 62.2 Å². The lowest BCUT2D eigenvalue weighted by Gasteiger charge is -2.31. The van der Waals surface area contributed by atoms with Crippen molar-refractivity contribution in [1.82, 2.24) is 14.7 Å². The number of alkyl halides is 3. The van der Waals surface area contributed by atoms with E-state index in [2.05, 4.69) is 10.4 Å². The number of halogens is 4. The molecule has 0 unspecified atom stereocenters. The van der Waals surface area contributed by atoms with Gasteiger partial charge in [-0.2, -0.15) is 18.3 Å². The summed E-state index contributed by atoms with van der Waals surface area (Å²) in [6.45, 7) is 2.40. The second kappa shape index (κ2) is 9.28. The van der Waals surface area contributed by atoms with Crippen molar-refractivity contribution in [2.75, 3.05) is 18.4 Å². The Kier molecular flexibility index (Phi) is 6.41. The zero-order chi connectivity index (χ0) is 24.5. The first-order chi connectivity index (χ1) is 16.1. The maximum atomic E-state index is 13.1. The van der Waals surface area contributed by atoms with Crippen LogP contribution >= 0.6 is 0 Å². The second-order valence-corrected chi connectivity index (χ2v) is 8.19. The summed E-state index contributed by atoms with van der Waals surface area (Å²) < 4.78 is 53.7. The number of aromatic nitrogens is 2. The fraction of sp³-hybridized carbons (Fsp3) is 0.292. The van der Waals surface area contributed by atoms with Gasteiger partial charge in [0.25, 0.3) is 5.91 Å². The Morgan fingerprint density at radius 1 is 1.03 bits per heavy atom. The summed E-state index contributed by atoms with van der Waals surface area (Å²) in [5.74, 6) is -1.04. The average molecular weight is 474 g/mol. The molecule has 6 nitrogen and oxygen atoms in total. The molecule has 0 bridgehead atoms. The highest BCUT2D eigenvalue weighted by Crippen LogP contribution is 2.31. The largest absolute Gasteiger partial charge is 0.416 e. The van der Waals surface area contributed by atoms with Crippen molar-refractivity contribution in [2.24, 2.45) is 5.92 Å². The Balaban J connectivity index is 1.43. The highest BCUT2D eigenvalue weighted by atomic mass is 19.4. The first-order valence-corrected chi connectivity index (χ1v) is 10.7. The van der Waals surface area contributed by atoms with Crippen LogP contribution in [-0.4, -0.2) is 39.6 Å². The van der Waals surface area contributed by atoms with Crippen molar-refractivity contribution < 1.29 is 27.2 Å². The minimum absolute atomic E-state index is 0.179. The van der Waals surface area contributed by atoms with E-state index in [1.165, 1.54) is 41.1 Å². The number of aryl methyl sites for hydroxylation is 1. The number of amides is 2. The molecule has 178 valence electrons. The first kappa shape index (κ1) is 23.5. The molecule has 4 rings (SSSR count). The molecule has 1 fully saturated rings. The van der Waals surface area contributed by atoms with Gasteiger partial charge in [0.2, 0.25) is 5.91 Å². The van der Waals surface area contributed by atoms with E-state index in [1.54, 1.807) is 17.9 Å². The van der Waals surface area contributed by atoms with E-state index in [4.69, 9.17) is 0 Å². The number of benzene rings is 2. The molecule has 2 aromatic carbocycles. The lowest BCUT2D eigenvalue weighted by atomic mass is 9.95. The molecular formula is C24H22F4N4O2. The molecule has 0 saturated carbocycles. The zero-order valence-electron chi connectivity index (χ0n) is 18.3. The number of carbonyl (C=O) groups is 2. The molecule has 1 aliphatic rings. The number of nitrogens with zero attached hydrogens (tertiary/aromatic N) is 3. The third kappa shape index (κ3) is 5.11. The predicted molar refractivity (Wildman–Crippen MR) is 117 cm³/mol. The van der Waals surface area contributed by atoms with Crippen molar-refractivity contribution in [2.45, 2.75) is 25.9 Å². The summed E-state index contributed by atoms with van der Waals surface area (Å²) in [6.07, 6.45) is -3.65. The van der Waals surface area contributed by atoms with Gasteiger partial charge in [0.15, 0.2) is 0 Å². The van der Waals surface area contributed by atoms with Gasteiger partial charge >= 0.3 is 6.18 Å². The van der Waals surface area contributed by atoms with Crippen molar-refractivity contribution in [3.05, 3.63) is 77.2 Å². The number of carbonyl (C=O) groups excluding carboxylic acids is 2. The summed E-state index contributed by atoms with van der Waals surface area (Å²) >= 11 is 0. The molecule has 0 aliphatic carbocycles. The molecule has 1 aliphatic heterocycles. The SMILES string of the molecule is Cc1cc(NC(=O)C2CCN(C(=O)c3ccc(F)cc3)CC2)n(-c2cccc(C(F)(F)F)c2)n1. The van der Waals surface area contributed by atoms with Crippen LogP contribution in [0.1, 0.15) is 34.5 Å². The Morgan fingerprint density at radius 2 is 1.71 bits per heavy atom. The normalized spacial score (nSPS) is 14.8. The second-order valence-electron chi connectivity index (χ2n) is 8.19. The summed E-state index contributed by atoms with van der Waals surface area (Å²) in [7, 11) is 0.